The Kier molecular flexibility index (Phi) is 3.60. The van der Waals surface area contributed by atoms with Crippen LogP contribution in [0.15, 0.2) is 6.07 Å². The lowest BCUT2D eigenvalue weighted by Crippen LogP contribution is -2.57. The van der Waals surface area contributed by atoms with Gasteiger partial charge in [0.05, 0.1) is 17.9 Å². The van der Waals surface area contributed by atoms with Gasteiger partial charge in [0.2, 0.25) is 0 Å². The molecule has 2 N–H and O–H groups in total. The second-order valence-electron chi connectivity index (χ2n) is 6.60. The van der Waals surface area contributed by atoms with Gasteiger partial charge in [-0.05, 0) is 0 Å². The maximum Gasteiger partial charge on any atom is 0.251 e. The molecule has 0 spiro atoms. The summed E-state index contributed by atoms with van der Waals surface area (Å²) in [5.41, 5.74) is 7.26. The first kappa shape index (κ1) is 15.0. The number of alkyl halides is 2. The maximum atomic E-state index is 13.4. The Balaban J connectivity index is 1.56. The van der Waals surface area contributed by atoms with Gasteiger partial charge in [-0.25, -0.2) is 8.78 Å². The molecule has 2 unspecified atom stereocenters. The molecule has 4 aliphatic rings. The molecular weight excluding hydrogens is 304 g/mol. The first-order valence-electron chi connectivity index (χ1n) is 8.14. The smallest absolute Gasteiger partial charge is 0.251 e. The number of morpholine rings is 1. The van der Waals surface area contributed by atoms with E-state index in [1.54, 1.807) is 0 Å². The number of nitrogens with two attached hydrogens (primary N) is 1. The van der Waals surface area contributed by atoms with Crippen LogP contribution < -0.4 is 15.5 Å². The lowest BCUT2D eigenvalue weighted by molar-refractivity contribution is -0.133. The highest BCUT2D eigenvalue weighted by Gasteiger charge is 2.39. The fraction of sp³-hybridized carbons (Fsp3) is 0.733. The van der Waals surface area contributed by atoms with E-state index in [1.165, 1.54) is 0 Å². The number of halogens is 2. The van der Waals surface area contributed by atoms with Gasteiger partial charge in [-0.2, -0.15) is 0 Å². The lowest BCUT2D eigenvalue weighted by Gasteiger charge is -2.47. The topological polar surface area (TPSA) is 67.5 Å². The minimum absolute atomic E-state index is 0.129. The fourth-order valence-corrected chi connectivity index (χ4v) is 3.59. The monoisotopic (exact) mass is 325 g/mol. The highest BCUT2D eigenvalue weighted by atomic mass is 19.3. The van der Waals surface area contributed by atoms with Crippen LogP contribution in [0.2, 0.25) is 0 Å². The van der Waals surface area contributed by atoms with E-state index in [2.05, 4.69) is 15.1 Å². The molecule has 5 rings (SSSR count). The number of rotatable bonds is 3. The second kappa shape index (κ2) is 5.52. The van der Waals surface area contributed by atoms with Crippen LogP contribution >= 0.6 is 0 Å². The minimum Gasteiger partial charge on any atom is -0.371 e. The van der Waals surface area contributed by atoms with E-state index < -0.39 is 5.92 Å². The van der Waals surface area contributed by atoms with Crippen LogP contribution in [0, 0.1) is 0 Å². The van der Waals surface area contributed by atoms with Crippen LogP contribution in [0.25, 0.3) is 0 Å². The zero-order valence-electron chi connectivity index (χ0n) is 12.9. The van der Waals surface area contributed by atoms with E-state index in [0.29, 0.717) is 18.8 Å². The third-order valence-corrected chi connectivity index (χ3v) is 4.95. The first-order chi connectivity index (χ1) is 11.0. The van der Waals surface area contributed by atoms with Gasteiger partial charge < -0.3 is 20.3 Å². The second-order valence-corrected chi connectivity index (χ2v) is 6.60. The molecule has 0 amide bonds. The van der Waals surface area contributed by atoms with E-state index >= 15 is 0 Å². The molecule has 8 heteroatoms. The normalized spacial score (nSPS) is 29.3. The van der Waals surface area contributed by atoms with Crippen molar-refractivity contribution in [3.63, 3.8) is 0 Å². The number of hydrogen-bond acceptors (Lipinski definition) is 6. The van der Waals surface area contributed by atoms with Crippen molar-refractivity contribution in [2.75, 3.05) is 36.0 Å². The molecule has 0 aromatic carbocycles. The number of aromatic nitrogens is 2. The summed E-state index contributed by atoms with van der Waals surface area (Å²) in [5.74, 6) is -1.78. The van der Waals surface area contributed by atoms with E-state index in [1.807, 2.05) is 11.0 Å². The van der Waals surface area contributed by atoms with Gasteiger partial charge in [0, 0.05) is 58.1 Å². The number of nitrogens with zero attached hydrogens (tertiary/aromatic N) is 4. The van der Waals surface area contributed by atoms with Crippen molar-refractivity contribution in [2.24, 2.45) is 5.73 Å². The number of ether oxygens (including phenoxy) is 1. The highest BCUT2D eigenvalue weighted by Crippen LogP contribution is 2.34. The van der Waals surface area contributed by atoms with Crippen molar-refractivity contribution in [2.45, 2.75) is 43.9 Å². The summed E-state index contributed by atoms with van der Waals surface area (Å²) in [6.07, 6.45) is 1.41. The number of fused-ring (bicyclic) bond motifs is 2. The minimum atomic E-state index is -2.56. The molecule has 2 bridgehead atoms. The van der Waals surface area contributed by atoms with Crippen molar-refractivity contribution in [3.05, 3.63) is 11.8 Å². The maximum absolute atomic E-state index is 13.4. The van der Waals surface area contributed by atoms with Crippen molar-refractivity contribution < 1.29 is 13.5 Å². The summed E-state index contributed by atoms with van der Waals surface area (Å²) in [6.45, 7) is 2.51. The largest absolute Gasteiger partial charge is 0.371 e. The third kappa shape index (κ3) is 2.85. The predicted octanol–water partition coefficient (Wildman–Crippen LogP) is 1.15. The molecule has 0 saturated carbocycles. The average Bonchev–Trinajstić information content (AvgIpc) is 2.54. The Hall–Kier alpha value is -1.54. The van der Waals surface area contributed by atoms with Crippen LogP contribution in [0.1, 0.15) is 25.0 Å². The standard InChI is InChI=1S/C15H21F2N5O/c16-15(17)1-3-21(4-2-15)13-6-14(20-19-12(13)7-18)22-8-10-5-11(9-22)23-10/h6,10-11H,1-5,7-9,18H2. The van der Waals surface area contributed by atoms with Gasteiger partial charge in [-0.3, -0.25) is 0 Å². The number of anilines is 2. The summed E-state index contributed by atoms with van der Waals surface area (Å²) >= 11 is 0. The van der Waals surface area contributed by atoms with Gasteiger partial charge in [0.15, 0.2) is 5.82 Å². The molecule has 0 radical (unpaired) electrons. The van der Waals surface area contributed by atoms with Gasteiger partial charge in [0.25, 0.3) is 5.92 Å². The van der Waals surface area contributed by atoms with Gasteiger partial charge in [-0.1, -0.05) is 0 Å². The van der Waals surface area contributed by atoms with Gasteiger partial charge >= 0.3 is 0 Å². The fourth-order valence-electron chi connectivity index (χ4n) is 3.59. The Morgan fingerprint density at radius 1 is 1.17 bits per heavy atom. The molecule has 2 atom stereocenters. The molecule has 23 heavy (non-hydrogen) atoms. The van der Waals surface area contributed by atoms with Crippen LogP contribution in [-0.2, 0) is 11.3 Å². The van der Waals surface area contributed by atoms with E-state index in [4.69, 9.17) is 10.5 Å². The van der Waals surface area contributed by atoms with Crippen LogP contribution in [-0.4, -0.2) is 54.5 Å². The van der Waals surface area contributed by atoms with Crippen LogP contribution in [0.5, 0.6) is 0 Å². The van der Waals surface area contributed by atoms with Crippen molar-refractivity contribution in [1.82, 2.24) is 10.2 Å². The number of piperidine rings is 2. The van der Waals surface area contributed by atoms with E-state index in [9.17, 15) is 8.78 Å². The molecular formula is C15H21F2N5O. The summed E-state index contributed by atoms with van der Waals surface area (Å²) in [4.78, 5) is 4.12. The van der Waals surface area contributed by atoms with E-state index in [0.717, 1.165) is 31.0 Å². The predicted molar refractivity (Wildman–Crippen MR) is 81.8 cm³/mol. The van der Waals surface area contributed by atoms with Crippen LogP contribution in [0.4, 0.5) is 20.3 Å². The Bertz CT molecular complexity index is 573. The molecule has 4 saturated heterocycles. The molecule has 0 aliphatic carbocycles. The van der Waals surface area contributed by atoms with Crippen LogP contribution in [0.3, 0.4) is 0 Å². The molecule has 1 aromatic rings. The SMILES string of the molecule is NCc1nnc(N2CC3CC(C2)O3)cc1N1CCC(F)(F)CC1. The van der Waals surface area contributed by atoms with E-state index in [-0.39, 0.29) is 31.6 Å². The summed E-state index contributed by atoms with van der Waals surface area (Å²) in [5, 5.41) is 8.51. The third-order valence-electron chi connectivity index (χ3n) is 4.95. The van der Waals surface area contributed by atoms with Crippen molar-refractivity contribution >= 4 is 11.5 Å². The van der Waals surface area contributed by atoms with Gasteiger partial charge in [0.1, 0.15) is 5.69 Å². The van der Waals surface area contributed by atoms with Crippen molar-refractivity contribution in [1.29, 1.82) is 0 Å². The average molecular weight is 325 g/mol. The molecule has 126 valence electrons. The Morgan fingerprint density at radius 3 is 2.43 bits per heavy atom. The number of hydrogen-bond donors (Lipinski definition) is 1. The Labute approximate surface area is 133 Å². The molecule has 4 fully saturated rings. The Morgan fingerprint density at radius 2 is 1.83 bits per heavy atom. The molecule has 4 aliphatic heterocycles. The first-order valence-corrected chi connectivity index (χ1v) is 8.14. The molecule has 1 aromatic heterocycles. The summed E-state index contributed by atoms with van der Waals surface area (Å²) in [6, 6.07) is 1.95. The summed E-state index contributed by atoms with van der Waals surface area (Å²) < 4.78 is 32.4. The van der Waals surface area contributed by atoms with Gasteiger partial charge in [-0.15, -0.1) is 10.2 Å². The highest BCUT2D eigenvalue weighted by molar-refractivity contribution is 5.58. The lowest BCUT2D eigenvalue weighted by atomic mass is 9.99. The zero-order chi connectivity index (χ0) is 16.0. The zero-order valence-corrected chi connectivity index (χ0v) is 12.9. The quantitative estimate of drug-likeness (QED) is 0.899. The molecule has 6 nitrogen and oxygen atoms in total. The molecule has 5 heterocycles. The summed E-state index contributed by atoms with van der Waals surface area (Å²) in [7, 11) is 0. The van der Waals surface area contributed by atoms with Crippen molar-refractivity contribution in [3.8, 4) is 0 Å².